The second-order valence-electron chi connectivity index (χ2n) is 6.72. The van der Waals surface area contributed by atoms with Crippen molar-refractivity contribution in [1.29, 1.82) is 0 Å². The Labute approximate surface area is 180 Å². The topological polar surface area (TPSA) is 132 Å². The molecule has 0 aliphatic carbocycles. The standard InChI is InChI=1S/C10H8F2N2O.C6H8N2.C5H6F2O2/c1-10(11,12)8-9(15)14-7-5-3-2-4-6(7)13-8;7-5-3-1-2-4-6(5)8;1-3(8)4(9)5(2,6)7/h2-5H,1H3,(H,14,15);1-4H,7-8H2;1-2H3. The van der Waals surface area contributed by atoms with Crippen LogP contribution < -0.4 is 17.0 Å². The quantitative estimate of drug-likeness (QED) is 0.314. The average Bonchev–Trinajstić information content (AvgIpc) is 2.68. The predicted octanol–water partition coefficient (Wildman–Crippen LogP) is 3.69. The lowest BCUT2D eigenvalue weighted by Gasteiger charge is -2.08. The van der Waals surface area contributed by atoms with Gasteiger partial charge in [-0.1, -0.05) is 24.3 Å². The predicted molar refractivity (Wildman–Crippen MR) is 114 cm³/mol. The van der Waals surface area contributed by atoms with E-state index in [0.29, 0.717) is 36.3 Å². The number of ketones is 2. The molecule has 32 heavy (non-hydrogen) atoms. The molecule has 0 spiro atoms. The molecule has 0 aliphatic heterocycles. The van der Waals surface area contributed by atoms with Crippen LogP contribution in [0.2, 0.25) is 0 Å². The molecule has 2 aromatic carbocycles. The van der Waals surface area contributed by atoms with Gasteiger partial charge < -0.3 is 16.5 Å². The van der Waals surface area contributed by atoms with Crippen LogP contribution >= 0.6 is 0 Å². The maximum absolute atomic E-state index is 13.0. The number of anilines is 2. The van der Waals surface area contributed by atoms with Crippen molar-refractivity contribution in [2.45, 2.75) is 32.6 Å². The molecule has 0 bridgehead atoms. The highest BCUT2D eigenvalue weighted by molar-refractivity contribution is 6.38. The molecule has 3 aromatic rings. The van der Waals surface area contributed by atoms with Gasteiger partial charge in [0.05, 0.1) is 22.4 Å². The number of alkyl halides is 4. The summed E-state index contributed by atoms with van der Waals surface area (Å²) in [5.41, 5.74) is 11.3. The third kappa shape index (κ3) is 7.82. The van der Waals surface area contributed by atoms with Crippen molar-refractivity contribution in [2.75, 3.05) is 11.5 Å². The van der Waals surface area contributed by atoms with E-state index in [1.807, 2.05) is 12.1 Å². The largest absolute Gasteiger partial charge is 0.397 e. The zero-order chi connectivity index (χ0) is 24.7. The molecule has 0 atom stereocenters. The number of nitrogen functional groups attached to an aromatic ring is 2. The van der Waals surface area contributed by atoms with Gasteiger partial charge in [0.15, 0.2) is 5.69 Å². The van der Waals surface area contributed by atoms with Crippen molar-refractivity contribution in [3.05, 3.63) is 64.6 Å². The summed E-state index contributed by atoms with van der Waals surface area (Å²) < 4.78 is 49.5. The van der Waals surface area contributed by atoms with Gasteiger partial charge in [0.2, 0.25) is 5.78 Å². The number of carbonyl (C=O) groups excluding carboxylic acids is 2. The summed E-state index contributed by atoms with van der Waals surface area (Å²) in [4.78, 5) is 37.3. The maximum atomic E-state index is 13.0. The minimum Gasteiger partial charge on any atom is -0.397 e. The van der Waals surface area contributed by atoms with Crippen LogP contribution in [0.3, 0.4) is 0 Å². The van der Waals surface area contributed by atoms with Crippen LogP contribution in [-0.2, 0) is 15.5 Å². The van der Waals surface area contributed by atoms with Crippen LogP contribution in [0.25, 0.3) is 11.0 Å². The first-order chi connectivity index (χ1) is 14.6. The molecule has 1 aromatic heterocycles. The number of H-pyrrole nitrogens is 1. The molecule has 0 fully saturated rings. The van der Waals surface area contributed by atoms with E-state index in [0.717, 1.165) is 6.92 Å². The lowest BCUT2D eigenvalue weighted by Crippen LogP contribution is -2.30. The molecular weight excluding hydrogens is 432 g/mol. The van der Waals surface area contributed by atoms with Gasteiger partial charge in [-0.25, -0.2) is 4.98 Å². The number of hydrogen-bond acceptors (Lipinski definition) is 6. The van der Waals surface area contributed by atoms with Crippen LogP contribution in [0.5, 0.6) is 0 Å². The molecule has 0 amide bonds. The Morgan fingerprint density at radius 1 is 0.906 bits per heavy atom. The fourth-order valence-electron chi connectivity index (χ4n) is 2.15. The molecule has 3 rings (SSSR count). The third-order valence-corrected chi connectivity index (χ3v) is 3.73. The monoisotopic (exact) mass is 454 g/mol. The smallest absolute Gasteiger partial charge is 0.310 e. The van der Waals surface area contributed by atoms with E-state index < -0.39 is 34.7 Å². The van der Waals surface area contributed by atoms with Crippen molar-refractivity contribution >= 4 is 34.0 Å². The van der Waals surface area contributed by atoms with Crippen LogP contribution in [0.1, 0.15) is 26.5 Å². The summed E-state index contributed by atoms with van der Waals surface area (Å²) >= 11 is 0. The van der Waals surface area contributed by atoms with Gasteiger partial charge in [0.25, 0.3) is 17.3 Å². The number of rotatable bonds is 3. The van der Waals surface area contributed by atoms with Gasteiger partial charge in [-0.05, 0) is 24.3 Å². The Kier molecular flexibility index (Phi) is 8.63. The molecule has 0 radical (unpaired) electrons. The van der Waals surface area contributed by atoms with E-state index in [-0.39, 0.29) is 0 Å². The first-order valence-electron chi connectivity index (χ1n) is 9.05. The number of nitrogens with zero attached hydrogens (tertiary/aromatic N) is 1. The number of para-hydroxylation sites is 4. The summed E-state index contributed by atoms with van der Waals surface area (Å²) in [5, 5.41) is 0. The van der Waals surface area contributed by atoms with E-state index in [1.54, 1.807) is 36.4 Å². The van der Waals surface area contributed by atoms with Crippen LogP contribution in [0.15, 0.2) is 53.3 Å². The summed E-state index contributed by atoms with van der Waals surface area (Å²) in [6, 6.07) is 13.8. The fourth-order valence-corrected chi connectivity index (χ4v) is 2.15. The van der Waals surface area contributed by atoms with E-state index in [9.17, 15) is 31.9 Å². The molecule has 0 unspecified atom stereocenters. The highest BCUT2D eigenvalue weighted by atomic mass is 19.3. The van der Waals surface area contributed by atoms with Crippen molar-refractivity contribution in [2.24, 2.45) is 0 Å². The Balaban J connectivity index is 0.000000260. The highest BCUT2D eigenvalue weighted by Crippen LogP contribution is 2.22. The second kappa shape index (κ2) is 10.5. The summed E-state index contributed by atoms with van der Waals surface area (Å²) in [6.07, 6.45) is 0. The number of Topliss-reactive ketones (excluding diaryl/α,β-unsaturated/α-hetero) is 2. The summed E-state index contributed by atoms with van der Waals surface area (Å²) in [7, 11) is 0. The van der Waals surface area contributed by atoms with Crippen molar-refractivity contribution in [3.8, 4) is 0 Å². The SMILES string of the molecule is CC(=O)C(=O)C(C)(F)F.CC(F)(F)c1nc2ccccc2[nH]c1=O.Nc1ccccc1N. The maximum Gasteiger partial charge on any atom is 0.310 e. The molecule has 5 N–H and O–H groups in total. The number of carbonyl (C=O) groups is 2. The van der Waals surface area contributed by atoms with Crippen molar-refractivity contribution < 1.29 is 27.2 Å². The number of aromatic nitrogens is 2. The third-order valence-electron chi connectivity index (χ3n) is 3.73. The van der Waals surface area contributed by atoms with E-state index in [2.05, 4.69) is 9.97 Å². The lowest BCUT2D eigenvalue weighted by molar-refractivity contribution is -0.149. The molecule has 11 heteroatoms. The Hall–Kier alpha value is -3.76. The van der Waals surface area contributed by atoms with Gasteiger partial charge in [0.1, 0.15) is 0 Å². The van der Waals surface area contributed by atoms with E-state index >= 15 is 0 Å². The van der Waals surface area contributed by atoms with Crippen LogP contribution in [0, 0.1) is 0 Å². The number of nitrogens with one attached hydrogen (secondary N) is 1. The molecule has 0 aliphatic rings. The number of aromatic amines is 1. The molecule has 7 nitrogen and oxygen atoms in total. The Morgan fingerprint density at radius 2 is 1.38 bits per heavy atom. The molecule has 1 heterocycles. The zero-order valence-corrected chi connectivity index (χ0v) is 17.5. The first kappa shape index (κ1) is 26.3. The number of nitrogens with two attached hydrogens (primary N) is 2. The minimum atomic E-state index is -3.51. The van der Waals surface area contributed by atoms with Crippen molar-refractivity contribution in [1.82, 2.24) is 9.97 Å². The molecule has 172 valence electrons. The van der Waals surface area contributed by atoms with E-state index in [4.69, 9.17) is 11.5 Å². The second-order valence-corrected chi connectivity index (χ2v) is 6.72. The summed E-state index contributed by atoms with van der Waals surface area (Å²) in [5.74, 6) is -9.48. The number of benzene rings is 2. The van der Waals surface area contributed by atoms with Gasteiger partial charge in [0, 0.05) is 20.8 Å². The molecule has 0 saturated heterocycles. The zero-order valence-electron chi connectivity index (χ0n) is 17.5. The minimum absolute atomic E-state index is 0.355. The first-order valence-corrected chi connectivity index (χ1v) is 9.05. The molecule has 0 saturated carbocycles. The number of hydrogen-bond donors (Lipinski definition) is 3. The Morgan fingerprint density at radius 3 is 1.75 bits per heavy atom. The normalized spacial score (nSPS) is 11.0. The highest BCUT2D eigenvalue weighted by Gasteiger charge is 2.35. The number of halogens is 4. The van der Waals surface area contributed by atoms with Crippen LogP contribution in [0.4, 0.5) is 28.9 Å². The van der Waals surface area contributed by atoms with Gasteiger partial charge in [-0.15, -0.1) is 0 Å². The van der Waals surface area contributed by atoms with E-state index in [1.165, 1.54) is 0 Å². The van der Waals surface area contributed by atoms with Gasteiger partial charge >= 0.3 is 5.92 Å². The number of fused-ring (bicyclic) bond motifs is 1. The van der Waals surface area contributed by atoms with Crippen LogP contribution in [-0.4, -0.2) is 27.5 Å². The lowest BCUT2D eigenvalue weighted by atomic mass is 10.2. The molecular formula is C21H22F4N4O3. The van der Waals surface area contributed by atoms with Gasteiger partial charge in [-0.2, -0.15) is 17.6 Å². The average molecular weight is 454 g/mol. The fraction of sp³-hybridized carbons (Fsp3) is 0.238. The van der Waals surface area contributed by atoms with Crippen molar-refractivity contribution in [3.63, 3.8) is 0 Å². The van der Waals surface area contributed by atoms with Gasteiger partial charge in [-0.3, -0.25) is 14.4 Å². The Bertz CT molecular complexity index is 1130. The summed E-state index contributed by atoms with van der Waals surface area (Å²) in [6.45, 7) is 1.87.